The van der Waals surface area contributed by atoms with Gasteiger partial charge in [0.1, 0.15) is 0 Å². The van der Waals surface area contributed by atoms with Crippen molar-refractivity contribution in [3.8, 4) is 0 Å². The summed E-state index contributed by atoms with van der Waals surface area (Å²) in [5, 5.41) is 7.42. The number of carboxylic acids is 1. The molecule has 0 bridgehead atoms. The molecule has 0 heterocycles. The Morgan fingerprint density at radius 2 is 1.62 bits per heavy atom. The fourth-order valence-electron chi connectivity index (χ4n) is 0.798. The molecule has 98 valence electrons. The molecule has 5 heteroatoms. The first-order chi connectivity index (χ1) is 7.54. The Kier molecular flexibility index (Phi) is 25.6. The summed E-state index contributed by atoms with van der Waals surface area (Å²) in [7, 11) is 1.43. The summed E-state index contributed by atoms with van der Waals surface area (Å²) in [4.78, 5) is 19.6. The van der Waals surface area contributed by atoms with Crippen molar-refractivity contribution in [3.63, 3.8) is 0 Å². The first kappa shape index (κ1) is 20.7. The minimum absolute atomic E-state index is 0.0869. The molecule has 1 N–H and O–H groups in total. The van der Waals surface area contributed by atoms with E-state index in [2.05, 4.69) is 24.3 Å². The number of esters is 1. The van der Waals surface area contributed by atoms with E-state index in [1.165, 1.54) is 20.0 Å². The fourth-order valence-corrected chi connectivity index (χ4v) is 0.798. The van der Waals surface area contributed by atoms with E-state index in [0.717, 1.165) is 19.8 Å². The van der Waals surface area contributed by atoms with Crippen LogP contribution in [0.2, 0.25) is 0 Å². The van der Waals surface area contributed by atoms with E-state index < -0.39 is 5.97 Å². The van der Waals surface area contributed by atoms with Crippen LogP contribution in [0.3, 0.4) is 0 Å². The van der Waals surface area contributed by atoms with Crippen LogP contribution in [-0.2, 0) is 14.3 Å². The van der Waals surface area contributed by atoms with Gasteiger partial charge in [0.2, 0.25) is 0 Å². The van der Waals surface area contributed by atoms with Gasteiger partial charge >= 0.3 is 5.97 Å². The Morgan fingerprint density at radius 3 is 1.94 bits per heavy atom. The molecule has 0 radical (unpaired) electrons. The Balaban J connectivity index is -0.000000237. The largest absolute Gasteiger partial charge is 0.481 e. The van der Waals surface area contributed by atoms with Crippen molar-refractivity contribution < 1.29 is 19.4 Å². The second kappa shape index (κ2) is 19.8. The quantitative estimate of drug-likeness (QED) is 0.448. The minimum Gasteiger partial charge on any atom is -0.481 e. The highest BCUT2D eigenvalue weighted by Crippen LogP contribution is 2.02. The van der Waals surface area contributed by atoms with Crippen LogP contribution in [0.1, 0.15) is 46.0 Å². The Hall–Kier alpha value is -0.710. The number of carboxylic acid groups (broad SMARTS) is 1. The van der Waals surface area contributed by atoms with Crippen LogP contribution in [0.5, 0.6) is 0 Å². The molecule has 0 saturated heterocycles. The Labute approximate surface area is 104 Å². The molecular weight excluding hydrogens is 228 g/mol. The fraction of sp³-hybridized carbons (Fsp3) is 0.818. The van der Waals surface area contributed by atoms with Crippen molar-refractivity contribution in [1.82, 2.24) is 0 Å². The summed E-state index contributed by atoms with van der Waals surface area (Å²) >= 11 is 3.53. The van der Waals surface area contributed by atoms with Crippen molar-refractivity contribution in [2.75, 3.05) is 13.4 Å². The van der Waals surface area contributed by atoms with Gasteiger partial charge in [-0.15, -0.1) is 0 Å². The van der Waals surface area contributed by atoms with Crippen molar-refractivity contribution in [1.29, 1.82) is 0 Å². The van der Waals surface area contributed by atoms with Gasteiger partial charge in [0, 0.05) is 13.3 Å². The predicted octanol–water partition coefficient (Wildman–Crippen LogP) is 2.77. The van der Waals surface area contributed by atoms with Crippen LogP contribution in [0.25, 0.3) is 0 Å². The van der Waals surface area contributed by atoms with E-state index in [9.17, 15) is 4.79 Å². The zero-order chi connectivity index (χ0) is 13.4. The lowest BCUT2D eigenvalue weighted by molar-refractivity contribution is -0.140. The number of carbonyl (C=O) groups excluding carboxylic acids is 1. The van der Waals surface area contributed by atoms with Gasteiger partial charge in [-0.1, -0.05) is 26.2 Å². The highest BCUT2D eigenvalue weighted by Gasteiger charge is 1.97. The van der Waals surface area contributed by atoms with Gasteiger partial charge in [0.25, 0.3) is 5.97 Å². The van der Waals surface area contributed by atoms with Crippen molar-refractivity contribution in [3.05, 3.63) is 0 Å². The summed E-state index contributed by atoms with van der Waals surface area (Å²) in [5.74, 6) is -0.920. The second-order valence-corrected chi connectivity index (χ2v) is 2.91. The lowest BCUT2D eigenvalue weighted by Gasteiger charge is -1.97. The van der Waals surface area contributed by atoms with E-state index in [1.54, 1.807) is 6.26 Å². The Morgan fingerprint density at radius 1 is 1.19 bits per heavy atom. The second-order valence-electron chi connectivity index (χ2n) is 2.91. The highest BCUT2D eigenvalue weighted by atomic mass is 32.1. The number of thiol groups is 1. The van der Waals surface area contributed by atoms with E-state index in [4.69, 9.17) is 9.90 Å². The number of ether oxygens (including phenoxy) is 1. The summed E-state index contributed by atoms with van der Waals surface area (Å²) in [6.07, 6.45) is 6.82. The van der Waals surface area contributed by atoms with E-state index >= 15 is 0 Å². The zero-order valence-corrected chi connectivity index (χ0v) is 11.5. The molecule has 0 saturated carbocycles. The van der Waals surface area contributed by atoms with Crippen molar-refractivity contribution in [2.24, 2.45) is 0 Å². The summed E-state index contributed by atoms with van der Waals surface area (Å²) in [6, 6.07) is 0. The molecule has 0 amide bonds. The molecule has 16 heavy (non-hydrogen) atoms. The van der Waals surface area contributed by atoms with Gasteiger partial charge in [-0.05, 0) is 12.7 Å². The van der Waals surface area contributed by atoms with Crippen LogP contribution in [-0.4, -0.2) is 30.4 Å². The third-order valence-corrected chi connectivity index (χ3v) is 1.46. The average molecular weight is 252 g/mol. The van der Waals surface area contributed by atoms with Crippen molar-refractivity contribution >= 4 is 24.6 Å². The number of methoxy groups -OCH3 is 1. The Bertz CT molecular complexity index is 156. The third kappa shape index (κ3) is 37.8. The van der Waals surface area contributed by atoms with E-state index in [-0.39, 0.29) is 5.97 Å². The molecule has 4 nitrogen and oxygen atoms in total. The molecular formula is C11H24O4S. The van der Waals surface area contributed by atoms with Gasteiger partial charge in [-0.25, -0.2) is 0 Å². The number of hydrogen-bond donors (Lipinski definition) is 2. The summed E-state index contributed by atoms with van der Waals surface area (Å²) < 4.78 is 4.49. The van der Waals surface area contributed by atoms with E-state index in [0.29, 0.717) is 6.42 Å². The molecule has 0 aliphatic heterocycles. The maximum Gasteiger partial charge on any atom is 0.305 e. The summed E-state index contributed by atoms with van der Waals surface area (Å²) in [6.45, 7) is 3.23. The molecule has 0 spiro atoms. The number of unbranched alkanes of at least 4 members (excludes halogenated alkanes) is 3. The smallest absolute Gasteiger partial charge is 0.305 e. The van der Waals surface area contributed by atoms with E-state index in [1.807, 2.05) is 0 Å². The minimum atomic E-state index is -0.833. The van der Waals surface area contributed by atoms with Gasteiger partial charge in [0.05, 0.1) is 7.11 Å². The van der Waals surface area contributed by atoms with Crippen LogP contribution in [0, 0.1) is 0 Å². The molecule has 0 aliphatic carbocycles. The topological polar surface area (TPSA) is 63.6 Å². The first-order valence-electron chi connectivity index (χ1n) is 5.25. The molecule has 0 aromatic rings. The van der Waals surface area contributed by atoms with Gasteiger partial charge in [-0.2, -0.15) is 12.6 Å². The lowest BCUT2D eigenvalue weighted by atomic mass is 10.2. The lowest BCUT2D eigenvalue weighted by Crippen LogP contribution is -1.98. The maximum atomic E-state index is 10.6. The standard InChI is InChI=1S/C8H16O2.C2H4O2.CH4S/c1-3-4-5-6-7-8(9)10-2;1-2(3)4;1-2/h3-7H2,1-2H3;1H3,(H,3,4);2H,1H3. The number of rotatable bonds is 5. The third-order valence-electron chi connectivity index (χ3n) is 1.46. The zero-order valence-electron chi connectivity index (χ0n) is 10.7. The van der Waals surface area contributed by atoms with Crippen LogP contribution in [0.15, 0.2) is 0 Å². The molecule has 0 rings (SSSR count). The predicted molar refractivity (Wildman–Crippen MR) is 69.0 cm³/mol. The molecule has 0 aromatic carbocycles. The molecule has 0 atom stereocenters. The SMILES string of the molecule is CC(=O)O.CCCCCCC(=O)OC.CS. The van der Waals surface area contributed by atoms with Crippen LogP contribution < -0.4 is 0 Å². The van der Waals surface area contributed by atoms with Crippen LogP contribution in [0.4, 0.5) is 0 Å². The molecule has 0 aliphatic rings. The first-order valence-corrected chi connectivity index (χ1v) is 6.15. The van der Waals surface area contributed by atoms with Crippen molar-refractivity contribution in [2.45, 2.75) is 46.0 Å². The monoisotopic (exact) mass is 252 g/mol. The van der Waals surface area contributed by atoms with Crippen LogP contribution >= 0.6 is 12.6 Å². The number of carbonyl (C=O) groups is 2. The van der Waals surface area contributed by atoms with Gasteiger partial charge in [-0.3, -0.25) is 9.59 Å². The number of aliphatic carboxylic acids is 1. The van der Waals surface area contributed by atoms with Gasteiger partial charge < -0.3 is 9.84 Å². The molecule has 0 fully saturated rings. The van der Waals surface area contributed by atoms with Gasteiger partial charge in [0.15, 0.2) is 0 Å². The highest BCUT2D eigenvalue weighted by molar-refractivity contribution is 7.79. The summed E-state index contributed by atoms with van der Waals surface area (Å²) in [5.41, 5.74) is 0. The number of hydrogen-bond acceptors (Lipinski definition) is 4. The average Bonchev–Trinajstić information content (AvgIpc) is 2.26. The molecule has 0 aromatic heterocycles. The molecule has 0 unspecified atom stereocenters. The maximum absolute atomic E-state index is 10.6. The normalized spacial score (nSPS) is 7.81.